The number of alkyl carbamates (subject to hydrolysis) is 1. The second kappa shape index (κ2) is 13.4. The van der Waals surface area contributed by atoms with E-state index in [1.807, 2.05) is 4.90 Å². The first kappa shape index (κ1) is 34.0. The van der Waals surface area contributed by atoms with Crippen LogP contribution in [0.25, 0.3) is 0 Å². The van der Waals surface area contributed by atoms with Crippen molar-refractivity contribution in [3.63, 3.8) is 0 Å². The summed E-state index contributed by atoms with van der Waals surface area (Å²) >= 11 is 0. The Labute approximate surface area is 270 Å². The molecule has 0 unspecified atom stereocenters. The summed E-state index contributed by atoms with van der Waals surface area (Å²) in [5.74, 6) is -4.42. The van der Waals surface area contributed by atoms with E-state index in [4.69, 9.17) is 9.26 Å². The van der Waals surface area contributed by atoms with Crippen LogP contribution < -0.4 is 15.5 Å². The van der Waals surface area contributed by atoms with Gasteiger partial charge in [-0.3, -0.25) is 9.69 Å². The molecule has 256 valence electrons. The summed E-state index contributed by atoms with van der Waals surface area (Å²) in [6, 6.07) is 3.22. The van der Waals surface area contributed by atoms with Gasteiger partial charge >= 0.3 is 18.0 Å². The number of nitrogens with zero attached hydrogens (tertiary/aromatic N) is 6. The van der Waals surface area contributed by atoms with Crippen LogP contribution in [0.4, 0.5) is 28.4 Å². The average Bonchev–Trinajstić information content (AvgIpc) is 3.66. The Balaban J connectivity index is 1.21. The van der Waals surface area contributed by atoms with E-state index >= 15 is 0 Å². The van der Waals surface area contributed by atoms with Gasteiger partial charge in [-0.15, -0.1) is 0 Å². The number of hydrogen-bond donors (Lipinski definition) is 2. The third kappa shape index (κ3) is 8.34. The molecule has 2 N–H and O–H groups in total. The van der Waals surface area contributed by atoms with Crippen molar-refractivity contribution in [1.82, 2.24) is 35.5 Å². The first-order chi connectivity index (χ1) is 22.1. The SMILES string of the molecule is CN(C(=O)C1=CC=C(N2C[C@H](NC(=O)OC(C)(C)C)N(Cc3cc(F)ccc3F)C2)NC1)C1CCN(c2nc(C(C)(F)F)no2)CC1. The predicted octanol–water partition coefficient (Wildman–Crippen LogP) is 3.88. The molecule has 1 aromatic carbocycles. The van der Waals surface area contributed by atoms with E-state index in [1.165, 1.54) is 0 Å². The molecule has 2 fully saturated rings. The number of rotatable bonds is 8. The number of allylic oxidation sites excluding steroid dienone is 2. The van der Waals surface area contributed by atoms with E-state index in [9.17, 15) is 27.2 Å². The fourth-order valence-electron chi connectivity index (χ4n) is 5.70. The number of piperidine rings is 1. The summed E-state index contributed by atoms with van der Waals surface area (Å²) in [5.41, 5.74) is -0.0216. The van der Waals surface area contributed by atoms with Gasteiger partial charge in [0.15, 0.2) is 0 Å². The smallest absolute Gasteiger partial charge is 0.408 e. The predicted molar refractivity (Wildman–Crippen MR) is 163 cm³/mol. The largest absolute Gasteiger partial charge is 0.444 e. The van der Waals surface area contributed by atoms with Crippen molar-refractivity contribution in [3.8, 4) is 0 Å². The third-order valence-corrected chi connectivity index (χ3v) is 8.18. The van der Waals surface area contributed by atoms with Gasteiger partial charge in [-0.25, -0.2) is 13.6 Å². The van der Waals surface area contributed by atoms with E-state index in [0.29, 0.717) is 50.8 Å². The maximum Gasteiger partial charge on any atom is 0.408 e. The molecule has 3 aliphatic heterocycles. The van der Waals surface area contributed by atoms with Gasteiger partial charge in [0, 0.05) is 57.3 Å². The van der Waals surface area contributed by atoms with Gasteiger partial charge in [0.25, 0.3) is 5.91 Å². The minimum atomic E-state index is -3.20. The Morgan fingerprint density at radius 3 is 2.47 bits per heavy atom. The molecule has 1 aromatic heterocycles. The van der Waals surface area contributed by atoms with Crippen molar-refractivity contribution < 1.29 is 36.4 Å². The topological polar surface area (TPSA) is 119 Å². The number of anilines is 1. The molecule has 2 saturated heterocycles. The first-order valence-corrected chi connectivity index (χ1v) is 15.4. The van der Waals surface area contributed by atoms with Crippen LogP contribution in [0.5, 0.6) is 0 Å². The van der Waals surface area contributed by atoms with Crippen LogP contribution in [0.2, 0.25) is 0 Å². The molecule has 4 heterocycles. The first-order valence-electron chi connectivity index (χ1n) is 15.4. The van der Waals surface area contributed by atoms with Gasteiger partial charge in [0.05, 0.1) is 13.2 Å². The lowest BCUT2D eigenvalue weighted by atomic mass is 10.0. The monoisotopic (exact) mass is 664 g/mol. The number of dihydropyridines is 1. The summed E-state index contributed by atoms with van der Waals surface area (Å²) in [6.07, 6.45) is 3.50. The molecule has 0 aliphatic carbocycles. The number of benzene rings is 1. The lowest BCUT2D eigenvalue weighted by molar-refractivity contribution is -0.128. The Morgan fingerprint density at radius 1 is 1.13 bits per heavy atom. The van der Waals surface area contributed by atoms with Crippen LogP contribution >= 0.6 is 0 Å². The van der Waals surface area contributed by atoms with Gasteiger partial charge in [-0.05, 0) is 64.0 Å². The number of aromatic nitrogens is 2. The second-order valence-corrected chi connectivity index (χ2v) is 13.0. The number of carbonyl (C=O) groups excluding carboxylic acids is 2. The summed E-state index contributed by atoms with van der Waals surface area (Å²) < 4.78 is 65.9. The number of hydrogen-bond acceptors (Lipinski definition) is 10. The van der Waals surface area contributed by atoms with E-state index < -0.39 is 41.2 Å². The van der Waals surface area contributed by atoms with Crippen LogP contribution in [-0.4, -0.2) is 94.5 Å². The lowest BCUT2D eigenvalue weighted by Crippen LogP contribution is -2.47. The zero-order valence-corrected chi connectivity index (χ0v) is 27.0. The molecule has 1 atom stereocenters. The number of alkyl halides is 2. The molecular weight excluding hydrogens is 624 g/mol. The normalized spacial score (nSPS) is 19.6. The Bertz CT molecular complexity index is 1530. The summed E-state index contributed by atoms with van der Waals surface area (Å²) in [6.45, 7) is 7.77. The number of nitrogens with one attached hydrogen (secondary N) is 2. The molecule has 12 nitrogen and oxygen atoms in total. The third-order valence-electron chi connectivity index (χ3n) is 8.18. The number of likely N-dealkylation sites (N-methyl/N-ethyl adjacent to an activating group) is 1. The van der Waals surface area contributed by atoms with Crippen molar-refractivity contribution in [2.45, 2.75) is 70.8 Å². The number of amides is 2. The molecule has 16 heteroatoms. The molecule has 5 rings (SSSR count). The van der Waals surface area contributed by atoms with Crippen LogP contribution in [0.15, 0.2) is 46.3 Å². The zero-order chi connectivity index (χ0) is 34.1. The molecule has 0 radical (unpaired) electrons. The Morgan fingerprint density at radius 2 is 1.85 bits per heavy atom. The van der Waals surface area contributed by atoms with Crippen molar-refractivity contribution in [2.75, 3.05) is 44.8 Å². The van der Waals surface area contributed by atoms with E-state index in [0.717, 1.165) is 18.2 Å². The number of ether oxygens (including phenoxy) is 1. The summed E-state index contributed by atoms with van der Waals surface area (Å²) in [7, 11) is 1.74. The highest BCUT2D eigenvalue weighted by Crippen LogP contribution is 2.28. The maximum atomic E-state index is 14.5. The highest BCUT2D eigenvalue weighted by atomic mass is 19.3. The van der Waals surface area contributed by atoms with E-state index in [2.05, 4.69) is 20.8 Å². The van der Waals surface area contributed by atoms with Crippen molar-refractivity contribution in [2.24, 2.45) is 0 Å². The fourth-order valence-corrected chi connectivity index (χ4v) is 5.70. The van der Waals surface area contributed by atoms with Crippen LogP contribution in [-0.2, 0) is 22.0 Å². The van der Waals surface area contributed by atoms with Crippen LogP contribution in [0.3, 0.4) is 0 Å². The minimum Gasteiger partial charge on any atom is -0.444 e. The highest BCUT2D eigenvalue weighted by molar-refractivity contribution is 5.94. The highest BCUT2D eigenvalue weighted by Gasteiger charge is 2.36. The van der Waals surface area contributed by atoms with Crippen molar-refractivity contribution in [3.05, 3.63) is 64.8 Å². The zero-order valence-electron chi connectivity index (χ0n) is 27.0. The molecule has 0 spiro atoms. The molecule has 0 bridgehead atoms. The maximum absolute atomic E-state index is 14.5. The quantitative estimate of drug-likeness (QED) is 0.403. The van der Waals surface area contributed by atoms with Crippen molar-refractivity contribution in [1.29, 1.82) is 0 Å². The fraction of sp³-hybridized carbons (Fsp3) is 0.548. The van der Waals surface area contributed by atoms with Gasteiger partial charge in [0.1, 0.15) is 29.2 Å². The van der Waals surface area contributed by atoms with Gasteiger partial charge in [0.2, 0.25) is 5.82 Å². The minimum absolute atomic E-state index is 0.0375. The lowest BCUT2D eigenvalue weighted by Gasteiger charge is -2.36. The molecule has 2 aromatic rings. The summed E-state index contributed by atoms with van der Waals surface area (Å²) in [4.78, 5) is 37.0. The number of carbonyl (C=O) groups is 2. The molecule has 2 amide bonds. The molecular formula is C31H40F4N8O4. The second-order valence-electron chi connectivity index (χ2n) is 13.0. The average molecular weight is 665 g/mol. The van der Waals surface area contributed by atoms with Gasteiger partial charge in [-0.1, -0.05) is 5.16 Å². The van der Waals surface area contributed by atoms with Gasteiger partial charge < -0.3 is 34.6 Å². The standard InChI is InChI=1S/C31H40F4N8O4/c1-30(2,3)46-29(45)37-25-17-43(18-42(25)16-20-14-21(32)7-8-23(20)33)24-9-6-19(15-36-24)26(44)40(5)22-10-12-41(13-11-22)28-38-27(39-47-28)31(4,34)35/h6-9,14,22,25,36H,10-13,15-18H2,1-5H3,(H,37,45)/t25-/m1/s1. The Hall–Kier alpha value is -4.34. The molecule has 3 aliphatic rings. The van der Waals surface area contributed by atoms with E-state index in [1.54, 1.807) is 54.7 Å². The van der Waals surface area contributed by atoms with Crippen molar-refractivity contribution >= 4 is 18.0 Å². The number of halogens is 4. The van der Waals surface area contributed by atoms with Gasteiger partial charge in [-0.2, -0.15) is 13.8 Å². The molecule has 47 heavy (non-hydrogen) atoms. The van der Waals surface area contributed by atoms with E-state index in [-0.39, 0.29) is 43.3 Å². The molecule has 0 saturated carbocycles. The Kier molecular flexibility index (Phi) is 9.70. The van der Waals surface area contributed by atoms with Crippen LogP contribution in [0, 0.1) is 11.6 Å². The summed E-state index contributed by atoms with van der Waals surface area (Å²) in [5, 5.41) is 9.49. The van der Waals surface area contributed by atoms with Crippen LogP contribution in [0.1, 0.15) is 51.9 Å².